The van der Waals surface area contributed by atoms with Gasteiger partial charge in [0.05, 0.1) is 5.56 Å². The summed E-state index contributed by atoms with van der Waals surface area (Å²) in [6.07, 6.45) is 0. The third-order valence-corrected chi connectivity index (χ3v) is 2.85. The summed E-state index contributed by atoms with van der Waals surface area (Å²) in [4.78, 5) is 11.4. The molecule has 1 heterocycles. The van der Waals surface area contributed by atoms with Crippen molar-refractivity contribution >= 4 is 21.7 Å². The molecule has 1 aromatic rings. The fourth-order valence-electron chi connectivity index (χ4n) is 1.33. The number of fused-ring (bicyclic) bond motifs is 1. The summed E-state index contributed by atoms with van der Waals surface area (Å²) in [5.41, 5.74) is -0.763. The van der Waals surface area contributed by atoms with Gasteiger partial charge in [-0.1, -0.05) is 12.1 Å². The van der Waals surface area contributed by atoms with Crippen molar-refractivity contribution in [3.05, 3.63) is 29.8 Å². The summed E-state index contributed by atoms with van der Waals surface area (Å²) in [7, 11) is -4.34. The summed E-state index contributed by atoms with van der Waals surface area (Å²) in [6.45, 7) is 0. The van der Waals surface area contributed by atoms with Gasteiger partial charge in [0.25, 0.3) is 5.91 Å². The molecule has 0 bridgehead atoms. The van der Waals surface area contributed by atoms with Gasteiger partial charge in [0.1, 0.15) is 0 Å². The number of carbonyl (C=O) groups is 1. The average molecular weight is 228 g/mol. The van der Waals surface area contributed by atoms with Crippen LogP contribution in [0.1, 0.15) is 10.4 Å². The number of carbonyl (C=O) groups excluding carboxylic acids is 1. The van der Waals surface area contributed by atoms with E-state index in [0.717, 1.165) is 0 Å². The van der Waals surface area contributed by atoms with Gasteiger partial charge >= 0.3 is 10.1 Å². The number of hydrogen-bond donors (Lipinski definition) is 3. The van der Waals surface area contributed by atoms with E-state index in [2.05, 4.69) is 10.6 Å². The Balaban J connectivity index is 2.43. The first-order chi connectivity index (χ1) is 6.98. The van der Waals surface area contributed by atoms with Gasteiger partial charge in [0.2, 0.25) is 5.50 Å². The Morgan fingerprint density at radius 2 is 1.87 bits per heavy atom. The normalized spacial score (nSPS) is 20.1. The van der Waals surface area contributed by atoms with Crippen LogP contribution in [0.2, 0.25) is 0 Å². The van der Waals surface area contributed by atoms with Crippen LogP contribution in [0.3, 0.4) is 0 Å². The number of benzene rings is 1. The Labute approximate surface area is 86.0 Å². The molecule has 1 aliphatic rings. The van der Waals surface area contributed by atoms with Gasteiger partial charge in [-0.25, -0.2) is 0 Å². The highest BCUT2D eigenvalue weighted by Crippen LogP contribution is 2.20. The van der Waals surface area contributed by atoms with E-state index < -0.39 is 21.5 Å². The molecule has 0 radical (unpaired) electrons. The van der Waals surface area contributed by atoms with Crippen LogP contribution < -0.4 is 10.6 Å². The van der Waals surface area contributed by atoms with Crippen molar-refractivity contribution in [1.82, 2.24) is 5.32 Å². The Morgan fingerprint density at radius 1 is 1.20 bits per heavy atom. The zero-order valence-electron chi connectivity index (χ0n) is 7.47. The summed E-state index contributed by atoms with van der Waals surface area (Å²) in [5, 5.41) is 4.62. The van der Waals surface area contributed by atoms with Crippen molar-refractivity contribution in [3.8, 4) is 0 Å². The van der Waals surface area contributed by atoms with E-state index in [0.29, 0.717) is 11.3 Å². The Hall–Kier alpha value is -1.60. The minimum absolute atomic E-state index is 0.345. The van der Waals surface area contributed by atoms with Crippen molar-refractivity contribution in [2.75, 3.05) is 5.32 Å². The van der Waals surface area contributed by atoms with E-state index in [9.17, 15) is 13.2 Å². The monoisotopic (exact) mass is 228 g/mol. The second-order valence-electron chi connectivity index (χ2n) is 3.06. The number of amides is 1. The smallest absolute Gasteiger partial charge is 0.305 e. The standard InChI is InChI=1S/C8H8N2O4S/c11-7-5-3-1-2-4-6(5)9-8(10-7)15(12,13)14/h1-4,8-9H,(H,10,11)(H,12,13,14). The highest BCUT2D eigenvalue weighted by molar-refractivity contribution is 7.86. The minimum Gasteiger partial charge on any atom is -0.350 e. The number of hydrogen-bond acceptors (Lipinski definition) is 4. The van der Waals surface area contributed by atoms with Crippen LogP contribution in [-0.4, -0.2) is 24.4 Å². The fraction of sp³-hybridized carbons (Fsp3) is 0.125. The van der Waals surface area contributed by atoms with Crippen molar-refractivity contribution in [3.63, 3.8) is 0 Å². The molecule has 2 rings (SSSR count). The number of nitrogens with one attached hydrogen (secondary N) is 2. The molecule has 6 nitrogen and oxygen atoms in total. The predicted molar refractivity (Wildman–Crippen MR) is 52.9 cm³/mol. The molecule has 0 saturated heterocycles. The lowest BCUT2D eigenvalue weighted by Gasteiger charge is -2.25. The Morgan fingerprint density at radius 3 is 2.53 bits per heavy atom. The molecule has 1 aromatic carbocycles. The molecule has 1 atom stereocenters. The van der Waals surface area contributed by atoms with Gasteiger partial charge in [-0.2, -0.15) is 8.42 Å². The third-order valence-electron chi connectivity index (χ3n) is 2.02. The van der Waals surface area contributed by atoms with Gasteiger partial charge in [-0.05, 0) is 12.1 Å². The zero-order valence-corrected chi connectivity index (χ0v) is 8.28. The maximum absolute atomic E-state index is 11.4. The number of rotatable bonds is 1. The van der Waals surface area contributed by atoms with Crippen LogP contribution in [-0.2, 0) is 10.1 Å². The molecule has 0 spiro atoms. The molecule has 0 aliphatic carbocycles. The molecule has 0 aromatic heterocycles. The minimum atomic E-state index is -4.34. The van der Waals surface area contributed by atoms with Crippen LogP contribution in [0.4, 0.5) is 5.69 Å². The van der Waals surface area contributed by atoms with Crippen LogP contribution >= 0.6 is 0 Å². The number of anilines is 1. The topological polar surface area (TPSA) is 95.5 Å². The highest BCUT2D eigenvalue weighted by Gasteiger charge is 2.30. The highest BCUT2D eigenvalue weighted by atomic mass is 32.2. The molecule has 3 N–H and O–H groups in total. The molecule has 0 saturated carbocycles. The molecule has 1 amide bonds. The Kier molecular flexibility index (Phi) is 2.13. The lowest BCUT2D eigenvalue weighted by molar-refractivity contribution is 0.0945. The SMILES string of the molecule is O=C1NC(S(=O)(=O)O)Nc2ccccc21. The van der Waals surface area contributed by atoms with E-state index in [4.69, 9.17) is 4.55 Å². The van der Waals surface area contributed by atoms with Crippen molar-refractivity contribution in [1.29, 1.82) is 0 Å². The first-order valence-electron chi connectivity index (χ1n) is 4.11. The van der Waals surface area contributed by atoms with Crippen molar-refractivity contribution in [2.45, 2.75) is 5.50 Å². The van der Waals surface area contributed by atoms with Gasteiger partial charge in [-0.3, -0.25) is 9.35 Å². The first-order valence-corrected chi connectivity index (χ1v) is 5.61. The quantitative estimate of drug-likeness (QED) is 0.589. The maximum Gasteiger partial charge on any atom is 0.305 e. The molecule has 15 heavy (non-hydrogen) atoms. The van der Waals surface area contributed by atoms with E-state index in [-0.39, 0.29) is 0 Å². The molecule has 1 unspecified atom stereocenters. The van der Waals surface area contributed by atoms with Gasteiger partial charge in [0.15, 0.2) is 0 Å². The lowest BCUT2D eigenvalue weighted by Crippen LogP contribution is -2.49. The maximum atomic E-state index is 11.4. The van der Waals surface area contributed by atoms with Crippen LogP contribution in [0.5, 0.6) is 0 Å². The third kappa shape index (κ3) is 1.79. The van der Waals surface area contributed by atoms with Crippen LogP contribution in [0, 0.1) is 0 Å². The molecule has 1 aliphatic heterocycles. The van der Waals surface area contributed by atoms with E-state index >= 15 is 0 Å². The van der Waals surface area contributed by atoms with Gasteiger partial charge in [-0.15, -0.1) is 0 Å². The van der Waals surface area contributed by atoms with Gasteiger partial charge in [0, 0.05) is 5.69 Å². The average Bonchev–Trinajstić information content (AvgIpc) is 2.16. The summed E-state index contributed by atoms with van der Waals surface area (Å²) in [5.74, 6) is -0.535. The molecular formula is C8H8N2O4S. The van der Waals surface area contributed by atoms with E-state index in [1.54, 1.807) is 24.3 Å². The second-order valence-corrected chi connectivity index (χ2v) is 4.56. The van der Waals surface area contributed by atoms with E-state index in [1.807, 2.05) is 0 Å². The predicted octanol–water partition coefficient (Wildman–Crippen LogP) is 0.0133. The van der Waals surface area contributed by atoms with Crippen LogP contribution in [0.15, 0.2) is 24.3 Å². The zero-order chi connectivity index (χ0) is 11.1. The van der Waals surface area contributed by atoms with Crippen molar-refractivity contribution < 1.29 is 17.8 Å². The largest absolute Gasteiger partial charge is 0.350 e. The molecule has 80 valence electrons. The summed E-state index contributed by atoms with van der Waals surface area (Å²) < 4.78 is 30.4. The second kappa shape index (κ2) is 3.21. The molecule has 7 heteroatoms. The van der Waals surface area contributed by atoms with Crippen molar-refractivity contribution in [2.24, 2.45) is 0 Å². The number of para-hydroxylation sites is 1. The molecular weight excluding hydrogens is 220 g/mol. The Bertz CT molecular complexity index is 511. The molecule has 0 fully saturated rings. The first kappa shape index (κ1) is 9.94. The summed E-state index contributed by atoms with van der Waals surface area (Å²) >= 11 is 0. The van der Waals surface area contributed by atoms with E-state index in [1.165, 1.54) is 0 Å². The lowest BCUT2D eigenvalue weighted by atomic mass is 10.1. The summed E-state index contributed by atoms with van der Waals surface area (Å²) in [6, 6.07) is 6.43. The fourth-order valence-corrected chi connectivity index (χ4v) is 1.86. The van der Waals surface area contributed by atoms with Crippen LogP contribution in [0.25, 0.3) is 0 Å². The van der Waals surface area contributed by atoms with Gasteiger partial charge < -0.3 is 10.6 Å².